The minimum absolute atomic E-state index is 0.300. The van der Waals surface area contributed by atoms with Crippen molar-refractivity contribution in [2.24, 2.45) is 5.73 Å². The molecule has 0 unspecified atom stereocenters. The van der Waals surface area contributed by atoms with Gasteiger partial charge in [0.15, 0.2) is 0 Å². The Morgan fingerprint density at radius 1 is 1.25 bits per heavy atom. The lowest BCUT2D eigenvalue weighted by atomic mass is 10.2. The van der Waals surface area contributed by atoms with Gasteiger partial charge in [0, 0.05) is 25.0 Å². The van der Waals surface area contributed by atoms with E-state index in [0.717, 1.165) is 11.3 Å². The summed E-state index contributed by atoms with van der Waals surface area (Å²) in [6.07, 6.45) is 0. The highest BCUT2D eigenvalue weighted by molar-refractivity contribution is 6.01. The summed E-state index contributed by atoms with van der Waals surface area (Å²) in [6, 6.07) is 12.7. The van der Waals surface area contributed by atoms with Crippen molar-refractivity contribution in [3.8, 4) is 0 Å². The van der Waals surface area contributed by atoms with E-state index in [2.05, 4.69) is 5.32 Å². The fraction of sp³-hybridized carbons (Fsp3) is 0.133. The van der Waals surface area contributed by atoms with Gasteiger partial charge in [-0.05, 0) is 42.0 Å². The van der Waals surface area contributed by atoms with Crippen LogP contribution < -0.4 is 16.0 Å². The number of nitrogens with one attached hydrogen (secondary N) is 1. The molecule has 0 aromatic heterocycles. The summed E-state index contributed by atoms with van der Waals surface area (Å²) in [6.45, 7) is 0.418. The number of urea groups is 1. The van der Waals surface area contributed by atoms with Crippen LogP contribution in [0.1, 0.15) is 5.56 Å². The third-order valence-corrected chi connectivity index (χ3v) is 2.93. The van der Waals surface area contributed by atoms with Crippen molar-refractivity contribution in [2.45, 2.75) is 6.54 Å². The van der Waals surface area contributed by atoms with Gasteiger partial charge < -0.3 is 11.1 Å². The Morgan fingerprint density at radius 2 is 1.95 bits per heavy atom. The Balaban J connectivity index is 2.09. The van der Waals surface area contributed by atoms with Gasteiger partial charge in [-0.15, -0.1) is 0 Å². The standard InChI is InChI=1S/C15H16FN3O/c1-19(14-4-2-3-11(9-14)10-17)15(20)18-13-7-5-12(16)6-8-13/h2-9H,10,17H2,1H3,(H,18,20). The molecule has 2 aromatic rings. The highest BCUT2D eigenvalue weighted by Crippen LogP contribution is 2.16. The van der Waals surface area contributed by atoms with Crippen LogP contribution in [0.2, 0.25) is 0 Å². The highest BCUT2D eigenvalue weighted by Gasteiger charge is 2.11. The summed E-state index contributed by atoms with van der Waals surface area (Å²) < 4.78 is 12.8. The van der Waals surface area contributed by atoms with E-state index in [0.29, 0.717) is 12.2 Å². The third-order valence-electron chi connectivity index (χ3n) is 2.93. The first-order valence-electron chi connectivity index (χ1n) is 6.19. The summed E-state index contributed by atoms with van der Waals surface area (Å²) in [7, 11) is 1.66. The second kappa shape index (κ2) is 6.16. The molecule has 4 nitrogen and oxygen atoms in total. The van der Waals surface area contributed by atoms with Crippen molar-refractivity contribution >= 4 is 17.4 Å². The van der Waals surface area contributed by atoms with E-state index in [1.807, 2.05) is 24.3 Å². The van der Waals surface area contributed by atoms with Crippen LogP contribution >= 0.6 is 0 Å². The van der Waals surface area contributed by atoms with Gasteiger partial charge in [0.1, 0.15) is 5.82 Å². The third kappa shape index (κ3) is 3.33. The van der Waals surface area contributed by atoms with Crippen molar-refractivity contribution in [1.29, 1.82) is 0 Å². The fourth-order valence-corrected chi connectivity index (χ4v) is 1.75. The van der Waals surface area contributed by atoms with Gasteiger partial charge in [-0.2, -0.15) is 0 Å². The largest absolute Gasteiger partial charge is 0.326 e. The van der Waals surface area contributed by atoms with E-state index in [1.54, 1.807) is 7.05 Å². The summed E-state index contributed by atoms with van der Waals surface area (Å²) in [5.41, 5.74) is 7.81. The molecule has 3 N–H and O–H groups in total. The van der Waals surface area contributed by atoms with E-state index < -0.39 is 0 Å². The van der Waals surface area contributed by atoms with Crippen molar-refractivity contribution < 1.29 is 9.18 Å². The molecule has 0 aliphatic rings. The topological polar surface area (TPSA) is 58.4 Å². The first-order chi connectivity index (χ1) is 9.60. The molecule has 0 spiro atoms. The van der Waals surface area contributed by atoms with E-state index >= 15 is 0 Å². The molecule has 2 rings (SSSR count). The average molecular weight is 273 g/mol. The van der Waals surface area contributed by atoms with Gasteiger partial charge in [0.05, 0.1) is 0 Å². The molecule has 5 heteroatoms. The minimum atomic E-state index is -0.341. The number of amides is 2. The summed E-state index contributed by atoms with van der Waals surface area (Å²) >= 11 is 0. The van der Waals surface area contributed by atoms with E-state index in [-0.39, 0.29) is 11.8 Å². The molecule has 0 heterocycles. The molecule has 0 saturated heterocycles. The maximum absolute atomic E-state index is 12.8. The van der Waals surface area contributed by atoms with Crippen LogP contribution in [0.3, 0.4) is 0 Å². The van der Waals surface area contributed by atoms with Crippen LogP contribution in [0.4, 0.5) is 20.6 Å². The molecule has 0 fully saturated rings. The smallest absolute Gasteiger partial charge is 0.326 e. The maximum atomic E-state index is 12.8. The average Bonchev–Trinajstić information content (AvgIpc) is 2.48. The molecule has 0 bridgehead atoms. The van der Waals surface area contributed by atoms with Crippen LogP contribution in [-0.4, -0.2) is 13.1 Å². The van der Waals surface area contributed by atoms with Crippen molar-refractivity contribution in [2.75, 3.05) is 17.3 Å². The van der Waals surface area contributed by atoms with E-state index in [9.17, 15) is 9.18 Å². The lowest BCUT2D eigenvalue weighted by molar-refractivity contribution is 0.258. The molecule has 0 saturated carbocycles. The second-order valence-electron chi connectivity index (χ2n) is 4.37. The number of carbonyl (C=O) groups excluding carboxylic acids is 1. The van der Waals surface area contributed by atoms with Crippen LogP contribution in [0.25, 0.3) is 0 Å². The molecule has 0 atom stereocenters. The van der Waals surface area contributed by atoms with Gasteiger partial charge >= 0.3 is 6.03 Å². The van der Waals surface area contributed by atoms with E-state index in [4.69, 9.17) is 5.73 Å². The fourth-order valence-electron chi connectivity index (χ4n) is 1.75. The van der Waals surface area contributed by atoms with Gasteiger partial charge in [-0.1, -0.05) is 12.1 Å². The Morgan fingerprint density at radius 3 is 2.60 bits per heavy atom. The molecule has 2 amide bonds. The molecule has 104 valence electrons. The molecule has 0 aliphatic heterocycles. The van der Waals surface area contributed by atoms with Crippen molar-refractivity contribution in [3.05, 3.63) is 59.9 Å². The van der Waals surface area contributed by atoms with Gasteiger partial charge in [-0.3, -0.25) is 4.90 Å². The summed E-state index contributed by atoms with van der Waals surface area (Å²) in [5.74, 6) is -0.341. The predicted octanol–water partition coefficient (Wildman–Crippen LogP) is 2.95. The maximum Gasteiger partial charge on any atom is 0.326 e. The van der Waals surface area contributed by atoms with Crippen molar-refractivity contribution in [3.63, 3.8) is 0 Å². The zero-order chi connectivity index (χ0) is 14.5. The molecular weight excluding hydrogens is 257 g/mol. The Kier molecular flexibility index (Phi) is 4.32. The number of nitrogens with two attached hydrogens (primary N) is 1. The number of hydrogen-bond donors (Lipinski definition) is 2. The van der Waals surface area contributed by atoms with Crippen LogP contribution in [0.15, 0.2) is 48.5 Å². The number of benzene rings is 2. The zero-order valence-corrected chi connectivity index (χ0v) is 11.1. The second-order valence-corrected chi connectivity index (χ2v) is 4.37. The molecular formula is C15H16FN3O. The monoisotopic (exact) mass is 273 g/mol. The molecule has 0 aliphatic carbocycles. The number of hydrogen-bond acceptors (Lipinski definition) is 2. The summed E-state index contributed by atoms with van der Waals surface area (Å²) in [5, 5.41) is 2.69. The highest BCUT2D eigenvalue weighted by atomic mass is 19.1. The first kappa shape index (κ1) is 14.0. The SMILES string of the molecule is CN(C(=O)Nc1ccc(F)cc1)c1cccc(CN)c1. The lowest BCUT2D eigenvalue weighted by Gasteiger charge is -2.18. The first-order valence-corrected chi connectivity index (χ1v) is 6.19. The summed E-state index contributed by atoms with van der Waals surface area (Å²) in [4.78, 5) is 13.6. The predicted molar refractivity (Wildman–Crippen MR) is 78.2 cm³/mol. The van der Waals surface area contributed by atoms with Gasteiger partial charge in [0.25, 0.3) is 0 Å². The number of rotatable bonds is 3. The zero-order valence-electron chi connectivity index (χ0n) is 11.1. The van der Waals surface area contributed by atoms with Crippen molar-refractivity contribution in [1.82, 2.24) is 0 Å². The van der Waals surface area contributed by atoms with Crippen LogP contribution in [-0.2, 0) is 6.54 Å². The quantitative estimate of drug-likeness (QED) is 0.903. The van der Waals surface area contributed by atoms with Crippen LogP contribution in [0, 0.1) is 5.82 Å². The van der Waals surface area contributed by atoms with E-state index in [1.165, 1.54) is 29.2 Å². The molecule has 2 aromatic carbocycles. The normalized spacial score (nSPS) is 10.2. The number of carbonyl (C=O) groups is 1. The van der Waals surface area contributed by atoms with Crippen LogP contribution in [0.5, 0.6) is 0 Å². The molecule has 20 heavy (non-hydrogen) atoms. The Bertz CT molecular complexity index is 598. The lowest BCUT2D eigenvalue weighted by Crippen LogP contribution is -2.31. The Labute approximate surface area is 117 Å². The number of nitrogens with zero attached hydrogens (tertiary/aromatic N) is 1. The number of halogens is 1. The van der Waals surface area contributed by atoms with Gasteiger partial charge in [-0.25, -0.2) is 9.18 Å². The van der Waals surface area contributed by atoms with Gasteiger partial charge in [0.2, 0.25) is 0 Å². The molecule has 0 radical (unpaired) electrons. The number of anilines is 2. The minimum Gasteiger partial charge on any atom is -0.326 e. The Hall–Kier alpha value is -2.40.